The zero-order valence-electron chi connectivity index (χ0n) is 17.9. The van der Waals surface area contributed by atoms with Crippen molar-refractivity contribution < 1.29 is 22.8 Å². The van der Waals surface area contributed by atoms with Gasteiger partial charge in [-0.1, -0.05) is 40.9 Å². The minimum absolute atomic E-state index is 0.0589. The summed E-state index contributed by atoms with van der Waals surface area (Å²) in [6.45, 7) is 1.33. The molecule has 1 N–H and O–H groups in total. The summed E-state index contributed by atoms with van der Waals surface area (Å²) in [4.78, 5) is 29.9. The average Bonchev–Trinajstić information content (AvgIpc) is 3.08. The molecule has 5 nitrogen and oxygen atoms in total. The molecule has 2 aromatic heterocycles. The molecule has 4 rings (SSSR count). The Kier molecular flexibility index (Phi) is 6.81. The highest BCUT2D eigenvalue weighted by molar-refractivity contribution is 6.49. The van der Waals surface area contributed by atoms with Gasteiger partial charge in [-0.3, -0.25) is 14.6 Å². The predicted molar refractivity (Wildman–Crippen MR) is 129 cm³/mol. The number of anilines is 1. The number of hydrogen-bond donors (Lipinski definition) is 1. The second-order valence-corrected chi connectivity index (χ2v) is 8.95. The van der Waals surface area contributed by atoms with E-state index in [1.54, 1.807) is 6.92 Å². The molecule has 0 aliphatic heterocycles. The number of carbonyl (C=O) groups is 2. The lowest BCUT2D eigenvalue weighted by atomic mass is 10.1. The molecule has 1 amide bonds. The van der Waals surface area contributed by atoms with Crippen LogP contribution in [0.15, 0.2) is 54.7 Å². The van der Waals surface area contributed by atoms with Gasteiger partial charge in [0.05, 0.1) is 5.56 Å². The molecular weight excluding hydrogens is 526 g/mol. The van der Waals surface area contributed by atoms with Crippen molar-refractivity contribution in [3.05, 3.63) is 92.3 Å². The van der Waals surface area contributed by atoms with Gasteiger partial charge in [-0.25, -0.2) is 0 Å². The number of halogens is 6. The molecule has 0 aliphatic carbocycles. The number of pyridine rings is 1. The molecule has 0 unspecified atom stereocenters. The summed E-state index contributed by atoms with van der Waals surface area (Å²) >= 11 is 18.2. The van der Waals surface area contributed by atoms with E-state index in [2.05, 4.69) is 10.3 Å². The van der Waals surface area contributed by atoms with Crippen molar-refractivity contribution in [1.29, 1.82) is 0 Å². The quantitative estimate of drug-likeness (QED) is 0.215. The van der Waals surface area contributed by atoms with Gasteiger partial charge in [0.25, 0.3) is 11.7 Å². The number of benzene rings is 2. The summed E-state index contributed by atoms with van der Waals surface area (Å²) in [6, 6.07) is 11.3. The summed E-state index contributed by atoms with van der Waals surface area (Å²) in [5.41, 5.74) is -0.920. The van der Waals surface area contributed by atoms with E-state index in [9.17, 15) is 22.8 Å². The van der Waals surface area contributed by atoms with Gasteiger partial charge in [0.15, 0.2) is 0 Å². The Morgan fingerprint density at radius 3 is 2.34 bits per heavy atom. The molecule has 11 heteroatoms. The minimum atomic E-state index is -4.98. The van der Waals surface area contributed by atoms with Crippen LogP contribution < -0.4 is 5.32 Å². The molecule has 0 fully saturated rings. The van der Waals surface area contributed by atoms with Crippen molar-refractivity contribution in [3.8, 4) is 0 Å². The van der Waals surface area contributed by atoms with E-state index < -0.39 is 29.1 Å². The van der Waals surface area contributed by atoms with E-state index in [0.717, 1.165) is 4.57 Å². The Balaban J connectivity index is 1.90. The first kappa shape index (κ1) is 25.0. The van der Waals surface area contributed by atoms with Gasteiger partial charge in [0, 0.05) is 50.1 Å². The Morgan fingerprint density at radius 2 is 1.69 bits per heavy atom. The lowest BCUT2D eigenvalue weighted by Gasteiger charge is -2.15. The number of alkyl halides is 3. The summed E-state index contributed by atoms with van der Waals surface area (Å²) < 4.78 is 44.2. The topological polar surface area (TPSA) is 64.0 Å². The molecule has 0 atom stereocenters. The van der Waals surface area contributed by atoms with Crippen molar-refractivity contribution in [3.63, 3.8) is 0 Å². The smallest absolute Gasteiger partial charge is 0.332 e. The van der Waals surface area contributed by atoms with Gasteiger partial charge >= 0.3 is 6.18 Å². The highest BCUT2D eigenvalue weighted by atomic mass is 35.5. The number of amides is 1. The van der Waals surface area contributed by atoms with Crippen molar-refractivity contribution in [2.24, 2.45) is 0 Å². The second-order valence-electron chi connectivity index (χ2n) is 7.67. The Labute approximate surface area is 212 Å². The van der Waals surface area contributed by atoms with Crippen LogP contribution in [-0.4, -0.2) is 21.2 Å². The van der Waals surface area contributed by atoms with Crippen LogP contribution in [0, 0.1) is 6.92 Å². The minimum Gasteiger partial charge on any atom is -0.332 e. The summed E-state index contributed by atoms with van der Waals surface area (Å²) in [5.74, 6) is -2.59. The summed E-state index contributed by atoms with van der Waals surface area (Å²) in [7, 11) is 0. The van der Waals surface area contributed by atoms with Crippen molar-refractivity contribution in [2.75, 3.05) is 5.32 Å². The van der Waals surface area contributed by atoms with E-state index in [4.69, 9.17) is 34.8 Å². The zero-order valence-corrected chi connectivity index (χ0v) is 20.1. The Bertz CT molecular complexity index is 1480. The fourth-order valence-electron chi connectivity index (χ4n) is 3.76. The monoisotopic (exact) mass is 539 g/mol. The van der Waals surface area contributed by atoms with Gasteiger partial charge in [-0.15, -0.1) is 0 Å². The van der Waals surface area contributed by atoms with E-state index >= 15 is 0 Å². The Morgan fingerprint density at radius 1 is 1.00 bits per heavy atom. The third kappa shape index (κ3) is 5.15. The molecule has 35 heavy (non-hydrogen) atoms. The maximum absolute atomic E-state index is 14.4. The molecule has 2 heterocycles. The molecule has 2 aromatic carbocycles. The number of fused-ring (bicyclic) bond motifs is 1. The number of aryl methyl sites for hydroxylation is 1. The van der Waals surface area contributed by atoms with Crippen molar-refractivity contribution in [1.82, 2.24) is 9.55 Å². The maximum Gasteiger partial charge on any atom is 0.432 e. The van der Waals surface area contributed by atoms with E-state index in [1.807, 2.05) is 0 Å². The maximum atomic E-state index is 14.4. The highest BCUT2D eigenvalue weighted by Gasteiger charge is 2.42. The fraction of sp³-hybridized carbons (Fsp3) is 0.125. The molecule has 4 aromatic rings. The van der Waals surface area contributed by atoms with Gasteiger partial charge in [-0.05, 0) is 55.0 Å². The van der Waals surface area contributed by atoms with Gasteiger partial charge in [0.1, 0.15) is 5.69 Å². The number of rotatable bonds is 5. The molecule has 180 valence electrons. The fourth-order valence-corrected chi connectivity index (χ4v) is 4.40. The molecule has 0 bridgehead atoms. The third-order valence-electron chi connectivity index (χ3n) is 5.23. The molecule has 0 spiro atoms. The normalized spacial score (nSPS) is 11.6. The number of hydrogen-bond acceptors (Lipinski definition) is 3. The van der Waals surface area contributed by atoms with Gasteiger partial charge < -0.3 is 9.88 Å². The van der Waals surface area contributed by atoms with Crippen LogP contribution in [0.4, 0.5) is 18.9 Å². The lowest BCUT2D eigenvalue weighted by molar-refractivity contribution is -0.143. The molecule has 0 saturated heterocycles. The number of nitrogens with one attached hydrogen (secondary N) is 1. The molecule has 0 aliphatic rings. The van der Waals surface area contributed by atoms with E-state index in [0.29, 0.717) is 16.3 Å². The summed E-state index contributed by atoms with van der Waals surface area (Å²) in [6.07, 6.45) is -3.58. The standard InChI is InChI=1S/C24H15Cl3F3N3O2/c1-12-8-16(6-7-31-12)32-23(35)21(34)20-17-9-14(25)4-5-19(17)33(22(20)24(28,29)30)11-13-2-3-15(26)10-18(13)27/h2-10H,11H2,1H3,(H,31,32,35). The number of carbonyl (C=O) groups excluding carboxylic acids is 2. The highest BCUT2D eigenvalue weighted by Crippen LogP contribution is 2.40. The Hall–Kier alpha value is -3.07. The SMILES string of the molecule is Cc1cc(NC(=O)C(=O)c2c(C(F)(F)F)n(Cc3ccc(Cl)cc3Cl)c3ccc(Cl)cc23)ccn1. The van der Waals surface area contributed by atoms with Gasteiger partial charge in [0.2, 0.25) is 0 Å². The van der Waals surface area contributed by atoms with E-state index in [-0.39, 0.29) is 33.2 Å². The van der Waals surface area contributed by atoms with Crippen molar-refractivity contribution in [2.45, 2.75) is 19.6 Å². The van der Waals surface area contributed by atoms with Crippen LogP contribution in [-0.2, 0) is 17.5 Å². The van der Waals surface area contributed by atoms with Crippen LogP contribution >= 0.6 is 34.8 Å². The van der Waals surface area contributed by atoms with Crippen LogP contribution in [0.3, 0.4) is 0 Å². The number of nitrogens with zero attached hydrogens (tertiary/aromatic N) is 2. The second kappa shape index (κ2) is 9.53. The average molecular weight is 541 g/mol. The van der Waals surface area contributed by atoms with Crippen LogP contribution in [0.2, 0.25) is 15.1 Å². The summed E-state index contributed by atoms with van der Waals surface area (Å²) in [5, 5.41) is 2.80. The number of ketones is 1. The van der Waals surface area contributed by atoms with Crippen LogP contribution in [0.25, 0.3) is 10.9 Å². The molecule has 0 radical (unpaired) electrons. The number of aromatic nitrogens is 2. The largest absolute Gasteiger partial charge is 0.432 e. The first-order chi connectivity index (χ1) is 16.5. The first-order valence-corrected chi connectivity index (χ1v) is 11.2. The van der Waals surface area contributed by atoms with Gasteiger partial charge in [-0.2, -0.15) is 13.2 Å². The first-order valence-electron chi connectivity index (χ1n) is 10.1. The lowest BCUT2D eigenvalue weighted by Crippen LogP contribution is -2.26. The number of Topliss-reactive ketones (excluding diaryl/α,β-unsaturated/α-hetero) is 1. The molecular formula is C24H15Cl3F3N3O2. The van der Waals surface area contributed by atoms with Crippen LogP contribution in [0.1, 0.15) is 27.3 Å². The molecule has 0 saturated carbocycles. The van der Waals surface area contributed by atoms with E-state index in [1.165, 1.54) is 54.7 Å². The van der Waals surface area contributed by atoms with Crippen LogP contribution in [0.5, 0.6) is 0 Å². The van der Waals surface area contributed by atoms with Crippen molar-refractivity contribution >= 4 is 63.1 Å². The predicted octanol–water partition coefficient (Wildman–Crippen LogP) is 7.19. The third-order valence-corrected chi connectivity index (χ3v) is 6.05. The zero-order chi connectivity index (χ0) is 25.5.